The van der Waals surface area contributed by atoms with E-state index in [0.717, 1.165) is 43.7 Å². The van der Waals surface area contributed by atoms with Gasteiger partial charge in [-0.25, -0.2) is 9.79 Å². The highest BCUT2D eigenvalue weighted by Crippen LogP contribution is 2.35. The summed E-state index contributed by atoms with van der Waals surface area (Å²) in [5, 5.41) is 3.46. The van der Waals surface area contributed by atoms with Crippen LogP contribution in [0.3, 0.4) is 0 Å². The zero-order chi connectivity index (χ0) is 23.1. The van der Waals surface area contributed by atoms with Crippen LogP contribution < -0.4 is 11.1 Å². The summed E-state index contributed by atoms with van der Waals surface area (Å²) in [6, 6.07) is 0.0471. The Morgan fingerprint density at radius 3 is 2.71 bits per heavy atom. The molecule has 2 aliphatic rings. The van der Waals surface area contributed by atoms with E-state index in [-0.39, 0.29) is 29.8 Å². The van der Waals surface area contributed by atoms with Crippen molar-refractivity contribution in [3.63, 3.8) is 0 Å². The largest absolute Gasteiger partial charge is 0.378 e. The molecule has 3 amide bonds. The highest BCUT2D eigenvalue weighted by molar-refractivity contribution is 8.13. The molecule has 0 bridgehead atoms. The Hall–Kier alpha value is -1.58. The summed E-state index contributed by atoms with van der Waals surface area (Å²) in [7, 11) is 6.07. The third kappa shape index (κ3) is 7.80. The molecule has 0 saturated carbocycles. The number of fused-ring (bicyclic) bond motifs is 1. The number of amidine groups is 1. The van der Waals surface area contributed by atoms with Gasteiger partial charge in [0.2, 0.25) is 5.91 Å². The number of nitrogens with zero attached hydrogens (tertiary/aromatic N) is 4. The van der Waals surface area contributed by atoms with Crippen molar-refractivity contribution in [2.24, 2.45) is 22.6 Å². The van der Waals surface area contributed by atoms with Gasteiger partial charge in [-0.05, 0) is 73.1 Å². The topological polar surface area (TPSA) is 94.3 Å². The van der Waals surface area contributed by atoms with Gasteiger partial charge >= 0.3 is 6.03 Å². The SMILES string of the molecule is C=C1C[C@H]2C[C@@H](C(=O)N(CCCN(C)C)C(=O)NC(C)C)CN(C)[C@@H]2CCSC(N)=N1. The van der Waals surface area contributed by atoms with Gasteiger partial charge in [-0.3, -0.25) is 9.69 Å². The summed E-state index contributed by atoms with van der Waals surface area (Å²) in [6.07, 6.45) is 3.21. The Labute approximate surface area is 191 Å². The number of nitrogens with two attached hydrogens (primary N) is 1. The molecule has 2 aliphatic heterocycles. The van der Waals surface area contributed by atoms with E-state index in [1.54, 1.807) is 11.8 Å². The monoisotopic (exact) mass is 452 g/mol. The first kappa shape index (κ1) is 25.7. The van der Waals surface area contributed by atoms with Gasteiger partial charge in [0.25, 0.3) is 0 Å². The van der Waals surface area contributed by atoms with Crippen LogP contribution in [-0.4, -0.2) is 90.4 Å². The molecule has 9 heteroatoms. The molecule has 1 fully saturated rings. The van der Waals surface area contributed by atoms with Gasteiger partial charge in [-0.1, -0.05) is 18.3 Å². The zero-order valence-electron chi connectivity index (χ0n) is 19.8. The van der Waals surface area contributed by atoms with Crippen molar-refractivity contribution >= 4 is 28.9 Å². The zero-order valence-corrected chi connectivity index (χ0v) is 20.6. The number of amides is 3. The number of aliphatic imine (C=N–C) groups is 1. The van der Waals surface area contributed by atoms with Crippen LogP contribution in [0.1, 0.15) is 39.5 Å². The first-order chi connectivity index (χ1) is 14.6. The molecule has 0 aromatic rings. The van der Waals surface area contributed by atoms with Crippen LogP contribution in [0, 0.1) is 11.8 Å². The van der Waals surface area contributed by atoms with Gasteiger partial charge in [0.05, 0.1) is 5.92 Å². The fourth-order valence-corrected chi connectivity index (χ4v) is 5.28. The van der Waals surface area contributed by atoms with Crippen molar-refractivity contribution in [1.82, 2.24) is 20.0 Å². The molecule has 8 nitrogen and oxygen atoms in total. The van der Waals surface area contributed by atoms with Crippen molar-refractivity contribution < 1.29 is 9.59 Å². The molecule has 0 spiro atoms. The Balaban J connectivity index is 2.16. The van der Waals surface area contributed by atoms with E-state index in [2.05, 4.69) is 33.7 Å². The smallest absolute Gasteiger partial charge is 0.324 e. The molecule has 2 heterocycles. The minimum Gasteiger partial charge on any atom is -0.378 e. The van der Waals surface area contributed by atoms with Crippen LogP contribution in [0.2, 0.25) is 0 Å². The number of piperidine rings is 1. The second-order valence-electron chi connectivity index (χ2n) is 9.31. The number of hydrogen-bond acceptors (Lipinski definition) is 7. The fraction of sp³-hybridized carbons (Fsp3) is 0.773. The lowest BCUT2D eigenvalue weighted by molar-refractivity contribution is -0.136. The van der Waals surface area contributed by atoms with Gasteiger partial charge in [0.1, 0.15) is 0 Å². The molecule has 31 heavy (non-hydrogen) atoms. The maximum atomic E-state index is 13.5. The molecule has 2 rings (SSSR count). The first-order valence-corrected chi connectivity index (χ1v) is 12.2. The molecule has 0 aromatic heterocycles. The maximum Gasteiger partial charge on any atom is 0.324 e. The Kier molecular flexibility index (Phi) is 9.84. The number of urea groups is 1. The number of carbonyl (C=O) groups is 2. The Morgan fingerprint density at radius 2 is 2.06 bits per heavy atom. The van der Waals surface area contributed by atoms with Crippen molar-refractivity contribution in [1.29, 1.82) is 0 Å². The minimum atomic E-state index is -0.295. The number of nitrogens with one attached hydrogen (secondary N) is 1. The number of likely N-dealkylation sites (tertiary alicyclic amines) is 1. The Morgan fingerprint density at radius 1 is 1.35 bits per heavy atom. The highest BCUT2D eigenvalue weighted by atomic mass is 32.2. The standard InChI is InChI=1S/C22H40N6O2S/c1-15(2)24-22(30)28(10-7-9-26(4)5)20(29)18-13-17-12-16(3)25-21(23)31-11-8-19(17)27(6)14-18/h15,17-19H,3,7-14H2,1-2,4-6H3,(H2,23,25)(H,24,30)/t17-,18+,19+/m0/s1. The number of thioether (sulfide) groups is 1. The van der Waals surface area contributed by atoms with E-state index in [1.165, 1.54) is 4.90 Å². The van der Waals surface area contributed by atoms with E-state index in [4.69, 9.17) is 5.73 Å². The lowest BCUT2D eigenvalue weighted by atomic mass is 9.79. The normalized spacial score (nSPS) is 25.3. The number of carbonyl (C=O) groups excluding carboxylic acids is 2. The highest BCUT2D eigenvalue weighted by Gasteiger charge is 2.40. The number of hydrogen-bond donors (Lipinski definition) is 2. The third-order valence-electron chi connectivity index (χ3n) is 5.90. The van der Waals surface area contributed by atoms with Crippen molar-refractivity contribution in [2.75, 3.05) is 46.5 Å². The molecular weight excluding hydrogens is 412 g/mol. The lowest BCUT2D eigenvalue weighted by Crippen LogP contribution is -2.54. The Bertz CT molecular complexity index is 681. The van der Waals surface area contributed by atoms with Crippen molar-refractivity contribution in [3.8, 4) is 0 Å². The van der Waals surface area contributed by atoms with Crippen molar-refractivity contribution in [2.45, 2.75) is 51.6 Å². The number of allylic oxidation sites excluding steroid dienone is 1. The van der Waals surface area contributed by atoms with E-state index in [1.807, 2.05) is 27.9 Å². The summed E-state index contributed by atoms with van der Waals surface area (Å²) in [4.78, 5) is 36.5. The van der Waals surface area contributed by atoms with Gasteiger partial charge in [0.15, 0.2) is 5.17 Å². The van der Waals surface area contributed by atoms with Crippen LogP contribution >= 0.6 is 11.8 Å². The number of rotatable bonds is 6. The van der Waals surface area contributed by atoms with Crippen molar-refractivity contribution in [3.05, 3.63) is 12.3 Å². The van der Waals surface area contributed by atoms with E-state index >= 15 is 0 Å². The molecule has 0 radical (unpaired) electrons. The average molecular weight is 453 g/mol. The minimum absolute atomic E-state index is 0.0199. The molecule has 1 saturated heterocycles. The quantitative estimate of drug-likeness (QED) is 0.641. The molecule has 0 aromatic carbocycles. The van der Waals surface area contributed by atoms with Gasteiger partial charge < -0.3 is 20.9 Å². The second kappa shape index (κ2) is 11.9. The molecule has 3 atom stereocenters. The lowest BCUT2D eigenvalue weighted by Gasteiger charge is -2.43. The van der Waals surface area contributed by atoms with E-state index < -0.39 is 0 Å². The number of imide groups is 1. The predicted octanol–water partition coefficient (Wildman–Crippen LogP) is 2.18. The molecule has 176 valence electrons. The molecular formula is C22H40N6O2S. The first-order valence-electron chi connectivity index (χ1n) is 11.2. The summed E-state index contributed by atoms with van der Waals surface area (Å²) >= 11 is 1.57. The summed E-state index contributed by atoms with van der Waals surface area (Å²) < 4.78 is 0. The van der Waals surface area contributed by atoms with Crippen LogP contribution in [0.25, 0.3) is 0 Å². The van der Waals surface area contributed by atoms with Crippen LogP contribution in [-0.2, 0) is 4.79 Å². The van der Waals surface area contributed by atoms with Crippen LogP contribution in [0.4, 0.5) is 4.79 Å². The van der Waals surface area contributed by atoms with Gasteiger partial charge in [0, 0.05) is 36.6 Å². The van der Waals surface area contributed by atoms with Gasteiger partial charge in [-0.2, -0.15) is 0 Å². The third-order valence-corrected chi connectivity index (χ3v) is 6.72. The summed E-state index contributed by atoms with van der Waals surface area (Å²) in [5.41, 5.74) is 6.74. The van der Waals surface area contributed by atoms with E-state index in [9.17, 15) is 9.59 Å². The second-order valence-corrected chi connectivity index (χ2v) is 10.4. The maximum absolute atomic E-state index is 13.5. The fourth-order valence-electron chi connectivity index (χ4n) is 4.52. The summed E-state index contributed by atoms with van der Waals surface area (Å²) in [6.45, 7) is 9.81. The summed E-state index contributed by atoms with van der Waals surface area (Å²) in [5.74, 6) is 0.878. The van der Waals surface area contributed by atoms with Gasteiger partial charge in [-0.15, -0.1) is 0 Å². The van der Waals surface area contributed by atoms with Crippen LogP contribution in [0.5, 0.6) is 0 Å². The van der Waals surface area contributed by atoms with Crippen LogP contribution in [0.15, 0.2) is 17.3 Å². The van der Waals surface area contributed by atoms with E-state index in [0.29, 0.717) is 24.3 Å². The average Bonchev–Trinajstić information content (AvgIpc) is 2.71. The predicted molar refractivity (Wildman–Crippen MR) is 129 cm³/mol. The molecule has 0 aliphatic carbocycles. The molecule has 3 N–H and O–H groups in total. The molecule has 0 unspecified atom stereocenters.